The van der Waals surface area contributed by atoms with E-state index in [2.05, 4.69) is 58.4 Å². The Morgan fingerprint density at radius 2 is 0.590 bits per heavy atom. The summed E-state index contributed by atoms with van der Waals surface area (Å²) in [4.78, 5) is 9.36. The molecule has 12 nitrogen and oxygen atoms in total. The van der Waals surface area contributed by atoms with Gasteiger partial charge >= 0.3 is 14.6 Å². The lowest BCUT2D eigenvalue weighted by atomic mass is 10.2. The zero-order chi connectivity index (χ0) is 41.8. The van der Waals surface area contributed by atoms with Crippen LogP contribution in [0.3, 0.4) is 0 Å². The third-order valence-corrected chi connectivity index (χ3v) is 13.2. The fourth-order valence-corrected chi connectivity index (χ4v) is 9.22. The maximum absolute atomic E-state index is 6.09. The Morgan fingerprint density at radius 1 is 0.393 bits per heavy atom. The average Bonchev–Trinajstić information content (AvgIpc) is 4.07. The minimum absolute atomic E-state index is 0. The number of quaternary nitrogens is 3. The highest BCUT2D eigenvalue weighted by atomic mass is 127. The number of halogens is 6. The average molecular weight is 1360 g/mol. The van der Waals surface area contributed by atoms with E-state index >= 15 is 0 Å². The van der Waals surface area contributed by atoms with Crippen LogP contribution in [0.2, 0.25) is 0 Å². The quantitative estimate of drug-likeness (QED) is 0.0426. The van der Waals surface area contributed by atoms with Gasteiger partial charge in [-0.2, -0.15) is 0 Å². The fraction of sp³-hybridized carbons (Fsp3) is 1.00. The maximum atomic E-state index is 6.09. The predicted molar refractivity (Wildman–Crippen MR) is 251 cm³/mol. The summed E-state index contributed by atoms with van der Waals surface area (Å²) in [5.41, 5.74) is 0. The topological polar surface area (TPSA) is 65.1 Å². The van der Waals surface area contributed by atoms with Crippen LogP contribution >= 0.6 is 45.8 Å². The number of likely N-dealkylation sites (tertiary alicyclic amines) is 6. The second kappa shape index (κ2) is 38.9. The van der Waals surface area contributed by atoms with Crippen LogP contribution in [0.15, 0.2) is 0 Å². The molecule has 6 aliphatic heterocycles. The number of hydrogen-bond acceptors (Lipinski definition) is 9. The van der Waals surface area contributed by atoms with E-state index in [1.807, 2.05) is 4.93 Å². The summed E-state index contributed by atoms with van der Waals surface area (Å²) in [7, 11) is 6.04. The van der Waals surface area contributed by atoms with Gasteiger partial charge in [0.05, 0.1) is 85.6 Å². The highest BCUT2D eigenvalue weighted by molar-refractivity contribution is 14.1. The molecule has 0 bridgehead atoms. The van der Waals surface area contributed by atoms with E-state index in [0.717, 1.165) is 72.5 Å². The van der Waals surface area contributed by atoms with Crippen molar-refractivity contribution in [3.8, 4) is 0 Å². The number of nitrogens with zero attached hydrogens (tertiary/aromatic N) is 6. The third kappa shape index (κ3) is 29.1. The Kier molecular flexibility index (Phi) is 40.9. The summed E-state index contributed by atoms with van der Waals surface area (Å²) in [6, 6.07) is 0. The monoisotopic (exact) mass is 1360 g/mol. The Labute approximate surface area is 449 Å². The van der Waals surface area contributed by atoms with Crippen molar-refractivity contribution in [1.82, 2.24) is 14.7 Å². The lowest BCUT2D eigenvalue weighted by Gasteiger charge is -2.31. The molecule has 0 atom stereocenters. The zero-order valence-corrected chi connectivity index (χ0v) is 48.9. The minimum Gasteiger partial charge on any atom is -1.00 e. The van der Waals surface area contributed by atoms with Crippen LogP contribution in [-0.4, -0.2) is 232 Å². The second-order valence-corrected chi connectivity index (χ2v) is 18.8. The minimum atomic E-state index is -0.507. The van der Waals surface area contributed by atoms with Crippen molar-refractivity contribution in [2.75, 3.05) is 189 Å². The Balaban J connectivity index is 0.00000103. The van der Waals surface area contributed by atoms with Crippen molar-refractivity contribution in [3.63, 3.8) is 0 Å². The Hall–Kier alpha value is 3.15. The summed E-state index contributed by atoms with van der Waals surface area (Å²) < 4.78 is 39.4. The largest absolute Gasteiger partial charge is 1.00 e. The highest BCUT2D eigenvalue weighted by Gasteiger charge is 2.33. The van der Waals surface area contributed by atoms with E-state index < -0.39 is 14.6 Å². The summed E-state index contributed by atoms with van der Waals surface area (Å²) in [5.74, 6) is 0. The molecule has 0 aliphatic carbocycles. The van der Waals surface area contributed by atoms with Crippen molar-refractivity contribution in [3.05, 3.63) is 0 Å². The molecular weight excluding hydrogens is 1270 g/mol. The molecular formula is C41H86B2Cl2I4N6O6. The molecule has 364 valence electrons. The molecule has 0 unspecified atom stereocenters. The second-order valence-electron chi connectivity index (χ2n) is 18.0. The summed E-state index contributed by atoms with van der Waals surface area (Å²) in [6.45, 7) is 25.3. The van der Waals surface area contributed by atoms with Gasteiger partial charge in [0.2, 0.25) is 0 Å². The fourth-order valence-electron chi connectivity index (χ4n) is 9.22. The van der Waals surface area contributed by atoms with Gasteiger partial charge in [0, 0.05) is 78.0 Å². The van der Waals surface area contributed by atoms with Gasteiger partial charge in [-0.3, -0.25) is 0 Å². The van der Waals surface area contributed by atoms with E-state index in [9.17, 15) is 0 Å². The van der Waals surface area contributed by atoms with Gasteiger partial charge in [-0.15, -0.1) is 23.2 Å². The molecule has 6 heterocycles. The molecule has 20 heteroatoms. The number of alkyl halides is 3. The molecule has 0 aromatic rings. The smallest absolute Gasteiger partial charge is 0.640 e. The molecule has 0 N–H and O–H groups in total. The molecule has 6 fully saturated rings. The molecule has 6 saturated heterocycles. The maximum Gasteiger partial charge on any atom is 0.640 e. The normalized spacial score (nSPS) is 21.5. The van der Waals surface area contributed by atoms with Crippen molar-refractivity contribution >= 4 is 60.4 Å². The van der Waals surface area contributed by atoms with Gasteiger partial charge in [0.1, 0.15) is 19.6 Å². The number of likely N-dealkylation sites (N-methyl/N-ethyl adjacent to an activating group) is 3. The first-order valence-electron chi connectivity index (χ1n) is 23.1. The molecule has 0 saturated carbocycles. The van der Waals surface area contributed by atoms with Crippen LogP contribution in [0.1, 0.15) is 77.0 Å². The van der Waals surface area contributed by atoms with Gasteiger partial charge < -0.3 is 128 Å². The molecule has 0 aromatic heterocycles. The molecule has 0 radical (unpaired) electrons. The molecule has 0 amide bonds. The Bertz CT molecular complexity index is 888. The van der Waals surface area contributed by atoms with Crippen molar-refractivity contribution in [2.24, 2.45) is 0 Å². The van der Waals surface area contributed by atoms with E-state index in [1.165, 1.54) is 156 Å². The van der Waals surface area contributed by atoms with Crippen LogP contribution in [0.25, 0.3) is 0 Å². The zero-order valence-electron chi connectivity index (χ0n) is 38.7. The highest BCUT2D eigenvalue weighted by Crippen LogP contribution is 2.18. The van der Waals surface area contributed by atoms with Crippen molar-refractivity contribution in [2.45, 2.75) is 77.0 Å². The van der Waals surface area contributed by atoms with Crippen LogP contribution in [-0.2, 0) is 27.9 Å². The summed E-state index contributed by atoms with van der Waals surface area (Å²) in [5, 5.41) is 0.194. The summed E-state index contributed by atoms with van der Waals surface area (Å²) >= 11 is 11.7. The van der Waals surface area contributed by atoms with E-state index in [1.54, 1.807) is 0 Å². The first kappa shape index (κ1) is 64.1. The van der Waals surface area contributed by atoms with Crippen LogP contribution < -0.4 is 71.9 Å². The van der Waals surface area contributed by atoms with Crippen LogP contribution in [0.5, 0.6) is 0 Å². The van der Waals surface area contributed by atoms with Crippen molar-refractivity contribution in [1.29, 1.82) is 0 Å². The number of rotatable bonds is 24. The first-order chi connectivity index (χ1) is 28.2. The van der Waals surface area contributed by atoms with Gasteiger partial charge in [-0.05, 0) is 82.7 Å². The molecule has 6 rings (SSSR count). The van der Waals surface area contributed by atoms with Crippen LogP contribution in [0, 0.1) is 0 Å². The van der Waals surface area contributed by atoms with Crippen LogP contribution in [0.4, 0.5) is 0 Å². The van der Waals surface area contributed by atoms with E-state index in [-0.39, 0.29) is 77.3 Å². The first-order valence-corrected chi connectivity index (χ1v) is 26.3. The van der Waals surface area contributed by atoms with Gasteiger partial charge in [0.15, 0.2) is 0 Å². The molecule has 61 heavy (non-hydrogen) atoms. The molecule has 6 aliphatic rings. The standard InChI is InChI=1S/C21H45BN3O3.C18H36BN3O3.CH2Cl2.CH3I.3HI/c1-23(10-4-5-11-23)16-19-26-22(27-20-17-24(2)12-6-7-13-24)28-21-18-25(3)14-8-9-15-25;1-2-8-20(7-1)13-16-23-19(24-17-14-21-9-3-4-10-21)25-18-15-22-11-5-6-12-22;2-1-3;1-2;;;/h4-21H2,1-3H3;1-18H2;1H2;1H3;3*1H/q+3;;;;;;/p-3. The lowest BCUT2D eigenvalue weighted by Crippen LogP contribution is -3.00. The van der Waals surface area contributed by atoms with E-state index in [0.29, 0.717) is 19.8 Å². The third-order valence-electron chi connectivity index (χ3n) is 13.2. The predicted octanol–water partition coefficient (Wildman–Crippen LogP) is -3.46. The lowest BCUT2D eigenvalue weighted by molar-refractivity contribution is -0.898. The van der Waals surface area contributed by atoms with Crippen molar-refractivity contribution < 1.29 is 113 Å². The SMILES string of the molecule is C1CCN(CCOB(OCCN2CCCC2)OCCN2CCCC2)C1.CI.C[N+]1(CCOB(OCC[N+]2(C)CCCC2)OCC[N+]2(C)CCCC2)CCCC1.ClCCl.[I-].[I-].[I-]. The van der Waals surface area contributed by atoms with Gasteiger partial charge in [-0.1, -0.05) is 22.6 Å². The Morgan fingerprint density at radius 3 is 0.803 bits per heavy atom. The molecule has 0 spiro atoms. The van der Waals surface area contributed by atoms with E-state index in [4.69, 9.17) is 51.1 Å². The number of hydrogen-bond donors (Lipinski definition) is 0. The summed E-state index contributed by atoms with van der Waals surface area (Å²) in [6.07, 6.45) is 16.0. The van der Waals surface area contributed by atoms with Gasteiger partial charge in [0.25, 0.3) is 0 Å². The molecule has 0 aromatic carbocycles. The van der Waals surface area contributed by atoms with Gasteiger partial charge in [-0.25, -0.2) is 0 Å².